The zero-order chi connectivity index (χ0) is 13.5. The van der Waals surface area contributed by atoms with Gasteiger partial charge in [0, 0.05) is 32.3 Å². The summed E-state index contributed by atoms with van der Waals surface area (Å²) < 4.78 is 10.5. The molecule has 0 radical (unpaired) electrons. The van der Waals surface area contributed by atoms with Crippen molar-refractivity contribution < 1.29 is 13.9 Å². The third-order valence-corrected chi connectivity index (χ3v) is 3.41. The first kappa shape index (κ1) is 13.9. The molecule has 0 saturated carbocycles. The Bertz CT molecular complexity index is 372. The molecule has 0 aromatic carbocycles. The number of carbonyl (C=O) groups is 1. The van der Waals surface area contributed by atoms with Crippen molar-refractivity contribution >= 4 is 6.03 Å². The van der Waals surface area contributed by atoms with Gasteiger partial charge in [0.25, 0.3) is 0 Å². The molecule has 1 saturated heterocycles. The van der Waals surface area contributed by atoms with Gasteiger partial charge < -0.3 is 19.4 Å². The van der Waals surface area contributed by atoms with Crippen molar-refractivity contribution in [1.82, 2.24) is 10.2 Å². The van der Waals surface area contributed by atoms with E-state index < -0.39 is 0 Å². The molecular weight excluding hydrogens is 244 g/mol. The molecule has 0 aliphatic carbocycles. The lowest BCUT2D eigenvalue weighted by molar-refractivity contribution is 0.100. The fraction of sp³-hybridized carbons (Fsp3) is 0.643. The molecule has 2 heterocycles. The van der Waals surface area contributed by atoms with Crippen LogP contribution >= 0.6 is 0 Å². The summed E-state index contributed by atoms with van der Waals surface area (Å²) in [7, 11) is 1.82. The van der Waals surface area contributed by atoms with Crippen molar-refractivity contribution in [1.29, 1.82) is 0 Å². The van der Waals surface area contributed by atoms with E-state index in [2.05, 4.69) is 5.32 Å². The fourth-order valence-corrected chi connectivity index (χ4v) is 2.24. The van der Waals surface area contributed by atoms with E-state index >= 15 is 0 Å². The van der Waals surface area contributed by atoms with Crippen molar-refractivity contribution in [2.24, 2.45) is 0 Å². The number of carbonyl (C=O) groups excluding carboxylic acids is 1. The van der Waals surface area contributed by atoms with E-state index in [1.165, 1.54) is 6.42 Å². The van der Waals surface area contributed by atoms with E-state index in [0.29, 0.717) is 12.6 Å². The molecule has 106 valence electrons. The highest BCUT2D eigenvalue weighted by atomic mass is 16.5. The highest BCUT2D eigenvalue weighted by Gasteiger charge is 2.15. The molecule has 5 heteroatoms. The maximum atomic E-state index is 11.8. The van der Waals surface area contributed by atoms with E-state index in [1.807, 2.05) is 13.1 Å². The molecule has 2 amide bonds. The number of furan rings is 1. The van der Waals surface area contributed by atoms with Crippen molar-refractivity contribution in [3.05, 3.63) is 24.2 Å². The zero-order valence-corrected chi connectivity index (χ0v) is 11.4. The van der Waals surface area contributed by atoms with Crippen molar-refractivity contribution in [3.63, 3.8) is 0 Å². The van der Waals surface area contributed by atoms with Gasteiger partial charge in [-0.3, -0.25) is 0 Å². The van der Waals surface area contributed by atoms with Crippen molar-refractivity contribution in [2.45, 2.75) is 38.3 Å². The maximum absolute atomic E-state index is 11.8. The van der Waals surface area contributed by atoms with E-state index in [4.69, 9.17) is 9.15 Å². The number of urea groups is 1. The van der Waals surface area contributed by atoms with Crippen LogP contribution in [0, 0.1) is 0 Å². The highest BCUT2D eigenvalue weighted by molar-refractivity contribution is 5.73. The van der Waals surface area contributed by atoms with Crippen LogP contribution in [0.5, 0.6) is 0 Å². The standard InChI is InChI=1S/C14H22N2O3/c1-16(7-2-4-13-5-3-8-19-13)14(17)15-10-12-6-9-18-11-12/h6,9,11,13H,2-5,7-8,10H2,1H3,(H,15,17)/t13-/m1/s1. The molecule has 1 atom stereocenters. The van der Waals surface area contributed by atoms with Gasteiger partial charge in [-0.25, -0.2) is 4.79 Å². The van der Waals surface area contributed by atoms with E-state index in [1.54, 1.807) is 17.4 Å². The number of rotatable bonds is 6. The van der Waals surface area contributed by atoms with Crippen LogP contribution < -0.4 is 5.32 Å². The number of amides is 2. The number of hydrogen-bond acceptors (Lipinski definition) is 3. The molecule has 1 aliphatic heterocycles. The van der Waals surface area contributed by atoms with Gasteiger partial charge in [-0.2, -0.15) is 0 Å². The lowest BCUT2D eigenvalue weighted by Crippen LogP contribution is -2.37. The van der Waals surface area contributed by atoms with Crippen LogP contribution in [0.15, 0.2) is 23.0 Å². The molecule has 1 aromatic rings. The Morgan fingerprint density at radius 1 is 1.58 bits per heavy atom. The molecular formula is C14H22N2O3. The maximum Gasteiger partial charge on any atom is 0.317 e. The first-order valence-corrected chi connectivity index (χ1v) is 6.87. The molecule has 1 aliphatic rings. The van der Waals surface area contributed by atoms with E-state index in [-0.39, 0.29) is 6.03 Å². The second-order valence-corrected chi connectivity index (χ2v) is 4.99. The minimum Gasteiger partial charge on any atom is -0.472 e. The molecule has 0 unspecified atom stereocenters. The summed E-state index contributed by atoms with van der Waals surface area (Å²) in [4.78, 5) is 13.5. The molecule has 5 nitrogen and oxygen atoms in total. The smallest absolute Gasteiger partial charge is 0.317 e. The normalized spacial score (nSPS) is 18.5. The average molecular weight is 266 g/mol. The predicted octanol–water partition coefficient (Wildman–Crippen LogP) is 2.38. The summed E-state index contributed by atoms with van der Waals surface area (Å²) in [6.45, 7) is 2.16. The summed E-state index contributed by atoms with van der Waals surface area (Å²) in [5, 5.41) is 2.86. The first-order valence-electron chi connectivity index (χ1n) is 6.87. The molecule has 0 bridgehead atoms. The lowest BCUT2D eigenvalue weighted by atomic mass is 10.1. The summed E-state index contributed by atoms with van der Waals surface area (Å²) in [6.07, 6.45) is 8.01. The van der Waals surface area contributed by atoms with Crippen LogP contribution in [-0.4, -0.2) is 37.2 Å². The lowest BCUT2D eigenvalue weighted by Gasteiger charge is -2.18. The third kappa shape index (κ3) is 4.59. The second kappa shape index (κ2) is 7.19. The Morgan fingerprint density at radius 3 is 3.16 bits per heavy atom. The van der Waals surface area contributed by atoms with Crippen molar-refractivity contribution in [3.8, 4) is 0 Å². The number of nitrogens with zero attached hydrogens (tertiary/aromatic N) is 1. The van der Waals surface area contributed by atoms with Crippen molar-refractivity contribution in [2.75, 3.05) is 20.2 Å². The summed E-state index contributed by atoms with van der Waals surface area (Å²) in [5.74, 6) is 0. The van der Waals surface area contributed by atoms with Gasteiger partial charge in [0.1, 0.15) is 0 Å². The largest absolute Gasteiger partial charge is 0.472 e. The van der Waals surface area contributed by atoms with Crippen LogP contribution in [0.4, 0.5) is 4.79 Å². The molecule has 1 fully saturated rings. The van der Waals surface area contributed by atoms with Gasteiger partial charge in [0.2, 0.25) is 0 Å². The summed E-state index contributed by atoms with van der Waals surface area (Å²) >= 11 is 0. The minimum atomic E-state index is -0.0476. The van der Waals surface area contributed by atoms with Crippen LogP contribution in [0.1, 0.15) is 31.2 Å². The van der Waals surface area contributed by atoms with Gasteiger partial charge in [-0.05, 0) is 31.7 Å². The quantitative estimate of drug-likeness (QED) is 0.860. The highest BCUT2D eigenvalue weighted by Crippen LogP contribution is 2.16. The Kier molecular flexibility index (Phi) is 5.27. The molecule has 1 N–H and O–H groups in total. The van der Waals surface area contributed by atoms with Crippen LogP contribution in [0.25, 0.3) is 0 Å². The molecule has 0 spiro atoms. The Balaban J connectivity index is 1.59. The number of hydrogen-bond donors (Lipinski definition) is 1. The van der Waals surface area contributed by atoms with E-state index in [9.17, 15) is 4.79 Å². The van der Waals surface area contributed by atoms with E-state index in [0.717, 1.165) is 38.0 Å². The monoisotopic (exact) mass is 266 g/mol. The Labute approximate surface area is 113 Å². The molecule has 1 aromatic heterocycles. The van der Waals surface area contributed by atoms with Crippen LogP contribution in [0.3, 0.4) is 0 Å². The number of nitrogens with one attached hydrogen (secondary N) is 1. The summed E-state index contributed by atoms with van der Waals surface area (Å²) in [5.41, 5.74) is 0.973. The minimum absolute atomic E-state index is 0.0476. The second-order valence-electron chi connectivity index (χ2n) is 4.99. The SMILES string of the molecule is CN(CCC[C@@H]1CCCO1)C(=O)NCc1ccoc1. The van der Waals surface area contributed by atoms with Crippen LogP contribution in [-0.2, 0) is 11.3 Å². The van der Waals surface area contributed by atoms with Gasteiger partial charge in [-0.15, -0.1) is 0 Å². The van der Waals surface area contributed by atoms with Gasteiger partial charge in [0.05, 0.1) is 18.6 Å². The topological polar surface area (TPSA) is 54.7 Å². The van der Waals surface area contributed by atoms with Crippen LogP contribution in [0.2, 0.25) is 0 Å². The first-order chi connectivity index (χ1) is 9.25. The zero-order valence-electron chi connectivity index (χ0n) is 11.4. The molecule has 2 rings (SSSR count). The predicted molar refractivity (Wildman–Crippen MR) is 71.8 cm³/mol. The Hall–Kier alpha value is -1.49. The number of ether oxygens (including phenoxy) is 1. The van der Waals surface area contributed by atoms with Gasteiger partial charge >= 0.3 is 6.03 Å². The van der Waals surface area contributed by atoms with Gasteiger partial charge in [0.15, 0.2) is 0 Å². The molecule has 19 heavy (non-hydrogen) atoms. The fourth-order valence-electron chi connectivity index (χ4n) is 2.24. The average Bonchev–Trinajstić information content (AvgIpc) is 3.08. The Morgan fingerprint density at radius 2 is 2.47 bits per heavy atom. The van der Waals surface area contributed by atoms with Gasteiger partial charge in [-0.1, -0.05) is 0 Å². The summed E-state index contributed by atoms with van der Waals surface area (Å²) in [6, 6.07) is 1.80. The third-order valence-electron chi connectivity index (χ3n) is 3.41.